The summed E-state index contributed by atoms with van der Waals surface area (Å²) < 4.78 is 1.83. The number of anilines is 1. The Bertz CT molecular complexity index is 354. The highest BCUT2D eigenvalue weighted by Crippen LogP contribution is 2.23. The van der Waals surface area contributed by atoms with Crippen LogP contribution < -0.4 is 5.73 Å². The summed E-state index contributed by atoms with van der Waals surface area (Å²) in [4.78, 5) is 0. The molecule has 1 aromatic rings. The number of aliphatic hydroxyl groups is 1. The van der Waals surface area contributed by atoms with Gasteiger partial charge in [-0.05, 0) is 22.9 Å². The molecule has 0 saturated carbocycles. The van der Waals surface area contributed by atoms with Crippen molar-refractivity contribution in [1.29, 1.82) is 5.26 Å². The van der Waals surface area contributed by atoms with E-state index >= 15 is 0 Å². The average molecular weight is 245 g/mol. The van der Waals surface area contributed by atoms with Crippen molar-refractivity contribution in [3.63, 3.8) is 0 Å². The third kappa shape index (κ3) is 1.66. The molecule has 0 unspecified atom stereocenters. The number of aromatic nitrogens is 2. The van der Waals surface area contributed by atoms with Gasteiger partial charge in [0.1, 0.15) is 22.1 Å². The summed E-state index contributed by atoms with van der Waals surface area (Å²) in [6.45, 7) is 1.69. The van der Waals surface area contributed by atoms with Gasteiger partial charge in [-0.1, -0.05) is 0 Å². The van der Waals surface area contributed by atoms with Gasteiger partial charge in [0.05, 0.1) is 12.6 Å². The first-order chi connectivity index (χ1) is 6.11. The molecule has 0 spiro atoms. The summed E-state index contributed by atoms with van der Waals surface area (Å²) >= 11 is 3.11. The Balaban J connectivity index is 3.20. The molecule has 0 saturated heterocycles. The van der Waals surface area contributed by atoms with Crippen molar-refractivity contribution in [2.24, 2.45) is 0 Å². The van der Waals surface area contributed by atoms with Gasteiger partial charge in [-0.25, -0.2) is 4.68 Å². The second kappa shape index (κ2) is 3.77. The van der Waals surface area contributed by atoms with Crippen molar-refractivity contribution in [2.45, 2.75) is 13.0 Å². The van der Waals surface area contributed by atoms with Crippen molar-refractivity contribution >= 4 is 21.7 Å². The molecule has 3 N–H and O–H groups in total. The first-order valence-electron chi connectivity index (χ1n) is 3.66. The van der Waals surface area contributed by atoms with Crippen molar-refractivity contribution in [3.05, 3.63) is 10.2 Å². The number of nitrogen functional groups attached to an aromatic ring is 1. The first-order valence-corrected chi connectivity index (χ1v) is 4.45. The number of nitriles is 1. The van der Waals surface area contributed by atoms with E-state index < -0.39 is 0 Å². The van der Waals surface area contributed by atoms with Gasteiger partial charge in [0.25, 0.3) is 0 Å². The number of halogens is 1. The Morgan fingerprint density at radius 1 is 1.85 bits per heavy atom. The SMILES string of the molecule is C[C@@H](CO)n1nc(Br)c(C#N)c1N. The minimum Gasteiger partial charge on any atom is -0.394 e. The predicted molar refractivity (Wildman–Crippen MR) is 50.9 cm³/mol. The quantitative estimate of drug-likeness (QED) is 0.800. The average Bonchev–Trinajstić information content (AvgIpc) is 2.40. The van der Waals surface area contributed by atoms with Crippen LogP contribution in [0.1, 0.15) is 18.5 Å². The fourth-order valence-corrected chi connectivity index (χ4v) is 1.40. The standard InChI is InChI=1S/C7H9BrN4O/c1-4(3-13)12-7(10)5(2-9)6(8)11-12/h4,13H,3,10H2,1H3/t4-/m0/s1. The molecule has 1 aromatic heterocycles. The second-order valence-corrected chi connectivity index (χ2v) is 3.39. The van der Waals surface area contributed by atoms with Crippen LogP contribution in [-0.2, 0) is 0 Å². The van der Waals surface area contributed by atoms with E-state index in [4.69, 9.17) is 16.1 Å². The largest absolute Gasteiger partial charge is 0.394 e. The molecule has 13 heavy (non-hydrogen) atoms. The molecule has 0 aromatic carbocycles. The Morgan fingerprint density at radius 3 is 2.85 bits per heavy atom. The maximum absolute atomic E-state index is 8.87. The fourth-order valence-electron chi connectivity index (χ4n) is 0.935. The summed E-state index contributed by atoms with van der Waals surface area (Å²) in [7, 11) is 0. The number of hydrogen-bond acceptors (Lipinski definition) is 4. The zero-order valence-electron chi connectivity index (χ0n) is 7.03. The summed E-state index contributed by atoms with van der Waals surface area (Å²) in [5.74, 6) is 0.274. The van der Waals surface area contributed by atoms with Crippen LogP contribution in [0.15, 0.2) is 4.60 Å². The third-order valence-corrected chi connectivity index (χ3v) is 2.25. The van der Waals surface area contributed by atoms with Crippen LogP contribution >= 0.6 is 15.9 Å². The number of rotatable bonds is 2. The second-order valence-electron chi connectivity index (χ2n) is 2.64. The molecule has 70 valence electrons. The highest BCUT2D eigenvalue weighted by Gasteiger charge is 2.16. The lowest BCUT2D eigenvalue weighted by molar-refractivity contribution is 0.231. The van der Waals surface area contributed by atoms with E-state index in [0.29, 0.717) is 10.2 Å². The number of aliphatic hydroxyl groups excluding tert-OH is 1. The molecule has 1 heterocycles. The Labute approximate surface area is 83.9 Å². The van der Waals surface area contributed by atoms with Crippen molar-refractivity contribution in [3.8, 4) is 6.07 Å². The van der Waals surface area contributed by atoms with E-state index in [9.17, 15) is 0 Å². The molecule has 0 aliphatic heterocycles. The lowest BCUT2D eigenvalue weighted by Gasteiger charge is -2.09. The molecule has 0 bridgehead atoms. The Kier molecular flexibility index (Phi) is 2.90. The van der Waals surface area contributed by atoms with E-state index in [1.165, 1.54) is 4.68 Å². The minimum atomic E-state index is -0.224. The zero-order valence-corrected chi connectivity index (χ0v) is 8.61. The number of nitrogens with zero attached hydrogens (tertiary/aromatic N) is 3. The van der Waals surface area contributed by atoms with Gasteiger partial charge in [0, 0.05) is 0 Å². The zero-order chi connectivity index (χ0) is 10.0. The minimum absolute atomic E-state index is 0.0663. The molecule has 0 radical (unpaired) electrons. The van der Waals surface area contributed by atoms with Crippen LogP contribution in [0.5, 0.6) is 0 Å². The van der Waals surface area contributed by atoms with Gasteiger partial charge < -0.3 is 10.8 Å². The fraction of sp³-hybridized carbons (Fsp3) is 0.429. The molecule has 1 atom stereocenters. The van der Waals surface area contributed by atoms with Crippen LogP contribution in [-0.4, -0.2) is 21.5 Å². The predicted octanol–water partition coefficient (Wildman–Crippen LogP) is 0.653. The molecule has 0 aliphatic rings. The molecule has 1 rings (SSSR count). The highest BCUT2D eigenvalue weighted by molar-refractivity contribution is 9.10. The Morgan fingerprint density at radius 2 is 2.46 bits per heavy atom. The summed E-state index contributed by atoms with van der Waals surface area (Å²) in [5.41, 5.74) is 5.93. The molecule has 0 amide bonds. The molecular weight excluding hydrogens is 236 g/mol. The maximum Gasteiger partial charge on any atom is 0.148 e. The van der Waals surface area contributed by atoms with Gasteiger partial charge in [0.15, 0.2) is 0 Å². The first kappa shape index (κ1) is 10.0. The van der Waals surface area contributed by atoms with Crippen LogP contribution in [0.3, 0.4) is 0 Å². The lowest BCUT2D eigenvalue weighted by Crippen LogP contribution is -2.13. The van der Waals surface area contributed by atoms with Crippen LogP contribution in [0.2, 0.25) is 0 Å². The summed E-state index contributed by atoms with van der Waals surface area (Å²) in [6, 6.07) is 1.70. The van der Waals surface area contributed by atoms with E-state index in [-0.39, 0.29) is 18.5 Å². The van der Waals surface area contributed by atoms with E-state index in [1.54, 1.807) is 6.92 Å². The van der Waals surface area contributed by atoms with Gasteiger partial charge in [-0.2, -0.15) is 10.4 Å². The molecular formula is C7H9BrN4O. The Hall–Kier alpha value is -1.06. The molecule has 6 heteroatoms. The molecule has 0 aliphatic carbocycles. The lowest BCUT2D eigenvalue weighted by atomic mass is 10.3. The van der Waals surface area contributed by atoms with Gasteiger partial charge in [-0.15, -0.1) is 0 Å². The van der Waals surface area contributed by atoms with Crippen molar-refractivity contribution in [1.82, 2.24) is 9.78 Å². The van der Waals surface area contributed by atoms with E-state index in [2.05, 4.69) is 21.0 Å². The molecule has 5 nitrogen and oxygen atoms in total. The molecule has 0 fully saturated rings. The van der Waals surface area contributed by atoms with Crippen LogP contribution in [0.4, 0.5) is 5.82 Å². The van der Waals surface area contributed by atoms with Crippen LogP contribution in [0, 0.1) is 11.3 Å². The summed E-state index contributed by atoms with van der Waals surface area (Å²) in [6.07, 6.45) is 0. The monoisotopic (exact) mass is 244 g/mol. The number of hydrogen-bond donors (Lipinski definition) is 2. The smallest absolute Gasteiger partial charge is 0.148 e. The third-order valence-electron chi connectivity index (χ3n) is 1.70. The van der Waals surface area contributed by atoms with Gasteiger partial charge in [-0.3, -0.25) is 0 Å². The van der Waals surface area contributed by atoms with E-state index in [0.717, 1.165) is 0 Å². The normalized spacial score (nSPS) is 12.5. The topological polar surface area (TPSA) is 87.9 Å². The van der Waals surface area contributed by atoms with Crippen molar-refractivity contribution < 1.29 is 5.11 Å². The van der Waals surface area contributed by atoms with Gasteiger partial charge >= 0.3 is 0 Å². The summed E-state index contributed by atoms with van der Waals surface area (Å²) in [5, 5.41) is 21.5. The van der Waals surface area contributed by atoms with E-state index in [1.807, 2.05) is 6.07 Å². The van der Waals surface area contributed by atoms with Crippen molar-refractivity contribution in [2.75, 3.05) is 12.3 Å². The highest BCUT2D eigenvalue weighted by atomic mass is 79.9. The van der Waals surface area contributed by atoms with Crippen LogP contribution in [0.25, 0.3) is 0 Å². The number of nitrogens with two attached hydrogens (primary N) is 1. The maximum atomic E-state index is 8.87. The van der Waals surface area contributed by atoms with Gasteiger partial charge in [0.2, 0.25) is 0 Å².